The van der Waals surface area contributed by atoms with Crippen molar-refractivity contribution >= 4 is 11.9 Å². The van der Waals surface area contributed by atoms with Crippen LogP contribution in [0.1, 0.15) is 25.8 Å². The normalized spacial score (nSPS) is 17.1. The molecular formula is C22H35N3O5. The number of rotatable bonds is 10. The van der Waals surface area contributed by atoms with E-state index in [1.54, 1.807) is 14.2 Å². The van der Waals surface area contributed by atoms with Gasteiger partial charge in [-0.2, -0.15) is 0 Å². The summed E-state index contributed by atoms with van der Waals surface area (Å²) >= 11 is 0. The summed E-state index contributed by atoms with van der Waals surface area (Å²) in [6.07, 6.45) is 0.787. The SMILES string of the molecule is CC[C@@H](C)[C@@H](NC(=O)CN1CCN(Cc2ccc(OC)c(OC)c2)CC1)C(=O)OC. The molecule has 0 saturated carbocycles. The molecule has 1 amide bonds. The molecule has 0 aliphatic carbocycles. The first-order valence-corrected chi connectivity index (χ1v) is 10.4. The second-order valence-electron chi connectivity index (χ2n) is 7.70. The Balaban J connectivity index is 1.82. The largest absolute Gasteiger partial charge is 0.493 e. The summed E-state index contributed by atoms with van der Waals surface area (Å²) in [6, 6.07) is 5.37. The molecule has 1 aliphatic heterocycles. The van der Waals surface area contributed by atoms with Crippen LogP contribution in [0.3, 0.4) is 0 Å². The molecule has 1 fully saturated rings. The fourth-order valence-corrected chi connectivity index (χ4v) is 3.56. The van der Waals surface area contributed by atoms with E-state index in [0.717, 1.165) is 56.2 Å². The fraction of sp³-hybridized carbons (Fsp3) is 0.636. The minimum absolute atomic E-state index is 0.0275. The first-order valence-electron chi connectivity index (χ1n) is 10.4. The molecule has 0 radical (unpaired) electrons. The Bertz CT molecular complexity index is 704. The van der Waals surface area contributed by atoms with Crippen molar-refractivity contribution in [1.29, 1.82) is 0 Å². The van der Waals surface area contributed by atoms with Crippen LogP contribution in [0.25, 0.3) is 0 Å². The third-order valence-corrected chi connectivity index (χ3v) is 5.67. The quantitative estimate of drug-likeness (QED) is 0.574. The summed E-state index contributed by atoms with van der Waals surface area (Å²) in [7, 11) is 4.61. The zero-order chi connectivity index (χ0) is 22.1. The molecule has 8 heteroatoms. The Kier molecular flexibility index (Phi) is 9.39. The number of nitrogens with one attached hydrogen (secondary N) is 1. The topological polar surface area (TPSA) is 80.3 Å². The molecule has 1 heterocycles. The van der Waals surface area contributed by atoms with E-state index in [1.807, 2.05) is 32.0 Å². The molecule has 168 valence electrons. The standard InChI is InChI=1S/C22H35N3O5/c1-6-16(2)21(22(27)30-5)23-20(26)15-25-11-9-24(10-12-25)14-17-7-8-18(28-3)19(13-17)29-4/h7-8,13,16,21H,6,9-12,14-15H2,1-5H3,(H,23,26)/t16-,21-/m1/s1. The highest BCUT2D eigenvalue weighted by atomic mass is 16.5. The number of nitrogens with zero attached hydrogens (tertiary/aromatic N) is 2. The highest BCUT2D eigenvalue weighted by Crippen LogP contribution is 2.28. The van der Waals surface area contributed by atoms with E-state index in [9.17, 15) is 9.59 Å². The minimum Gasteiger partial charge on any atom is -0.493 e. The zero-order valence-corrected chi connectivity index (χ0v) is 18.8. The van der Waals surface area contributed by atoms with Gasteiger partial charge in [0, 0.05) is 32.7 Å². The molecule has 2 rings (SSSR count). The minimum atomic E-state index is -0.598. The van der Waals surface area contributed by atoms with Crippen LogP contribution >= 0.6 is 0 Å². The van der Waals surface area contributed by atoms with Gasteiger partial charge in [-0.25, -0.2) is 4.79 Å². The predicted molar refractivity (Wildman–Crippen MR) is 115 cm³/mol. The molecule has 30 heavy (non-hydrogen) atoms. The van der Waals surface area contributed by atoms with Crippen LogP contribution in [-0.4, -0.2) is 81.8 Å². The maximum absolute atomic E-state index is 12.5. The summed E-state index contributed by atoms with van der Waals surface area (Å²) in [5, 5.41) is 2.85. The molecule has 1 saturated heterocycles. The lowest BCUT2D eigenvalue weighted by Gasteiger charge is -2.34. The predicted octanol–water partition coefficient (Wildman–Crippen LogP) is 1.53. The van der Waals surface area contributed by atoms with E-state index in [4.69, 9.17) is 14.2 Å². The Labute approximate surface area is 179 Å². The number of amides is 1. The zero-order valence-electron chi connectivity index (χ0n) is 18.8. The average molecular weight is 422 g/mol. The fourth-order valence-electron chi connectivity index (χ4n) is 3.56. The number of carbonyl (C=O) groups is 2. The van der Waals surface area contributed by atoms with Crippen LogP contribution in [0.15, 0.2) is 18.2 Å². The third-order valence-electron chi connectivity index (χ3n) is 5.67. The number of ether oxygens (including phenoxy) is 3. The van der Waals surface area contributed by atoms with Crippen LogP contribution in [0.5, 0.6) is 11.5 Å². The van der Waals surface area contributed by atoms with E-state index in [1.165, 1.54) is 7.11 Å². The number of carbonyl (C=O) groups excluding carboxylic acids is 2. The summed E-state index contributed by atoms with van der Waals surface area (Å²) in [5.41, 5.74) is 1.16. The van der Waals surface area contributed by atoms with E-state index < -0.39 is 12.0 Å². The molecule has 0 unspecified atom stereocenters. The van der Waals surface area contributed by atoms with Gasteiger partial charge >= 0.3 is 5.97 Å². The maximum Gasteiger partial charge on any atom is 0.328 e. The lowest BCUT2D eigenvalue weighted by molar-refractivity contribution is -0.146. The Morgan fingerprint density at radius 3 is 2.23 bits per heavy atom. The second kappa shape index (κ2) is 11.8. The van der Waals surface area contributed by atoms with Gasteiger partial charge in [0.2, 0.25) is 5.91 Å². The van der Waals surface area contributed by atoms with Gasteiger partial charge in [0.25, 0.3) is 0 Å². The lowest BCUT2D eigenvalue weighted by atomic mass is 9.99. The number of methoxy groups -OCH3 is 3. The van der Waals surface area contributed by atoms with Crippen molar-refractivity contribution in [1.82, 2.24) is 15.1 Å². The number of hydrogen-bond donors (Lipinski definition) is 1. The van der Waals surface area contributed by atoms with Crippen molar-refractivity contribution in [2.75, 3.05) is 54.1 Å². The summed E-state index contributed by atoms with van der Waals surface area (Å²) < 4.78 is 15.5. The third kappa shape index (κ3) is 6.60. The van der Waals surface area contributed by atoms with Gasteiger partial charge in [-0.3, -0.25) is 14.6 Å². The van der Waals surface area contributed by atoms with Crippen molar-refractivity contribution in [2.24, 2.45) is 5.92 Å². The average Bonchev–Trinajstić information content (AvgIpc) is 2.77. The molecule has 1 N–H and O–H groups in total. The van der Waals surface area contributed by atoms with E-state index in [0.29, 0.717) is 0 Å². The van der Waals surface area contributed by atoms with Crippen LogP contribution in [0, 0.1) is 5.92 Å². The first-order chi connectivity index (χ1) is 14.4. The second-order valence-corrected chi connectivity index (χ2v) is 7.70. The lowest BCUT2D eigenvalue weighted by Crippen LogP contribution is -2.52. The molecule has 1 aromatic carbocycles. The number of piperazine rings is 1. The molecule has 2 atom stereocenters. The highest BCUT2D eigenvalue weighted by Gasteiger charge is 2.28. The van der Waals surface area contributed by atoms with Gasteiger partial charge in [0.15, 0.2) is 11.5 Å². The van der Waals surface area contributed by atoms with Gasteiger partial charge in [0.05, 0.1) is 27.9 Å². The first kappa shape index (κ1) is 24.0. The van der Waals surface area contributed by atoms with E-state index >= 15 is 0 Å². The van der Waals surface area contributed by atoms with Crippen molar-refractivity contribution in [2.45, 2.75) is 32.9 Å². The summed E-state index contributed by atoms with van der Waals surface area (Å²) in [4.78, 5) is 28.9. The summed E-state index contributed by atoms with van der Waals surface area (Å²) in [5.74, 6) is 0.947. The van der Waals surface area contributed by atoms with Crippen LogP contribution in [0.4, 0.5) is 0 Å². The Morgan fingerprint density at radius 1 is 1.03 bits per heavy atom. The number of esters is 1. The molecule has 0 bridgehead atoms. The molecule has 8 nitrogen and oxygen atoms in total. The Morgan fingerprint density at radius 2 is 1.67 bits per heavy atom. The monoisotopic (exact) mass is 421 g/mol. The van der Waals surface area contributed by atoms with Crippen LogP contribution in [-0.2, 0) is 20.9 Å². The van der Waals surface area contributed by atoms with Crippen LogP contribution in [0.2, 0.25) is 0 Å². The number of hydrogen-bond acceptors (Lipinski definition) is 7. The van der Waals surface area contributed by atoms with Gasteiger partial charge in [-0.15, -0.1) is 0 Å². The van der Waals surface area contributed by atoms with Gasteiger partial charge in [-0.1, -0.05) is 26.3 Å². The van der Waals surface area contributed by atoms with Crippen LogP contribution < -0.4 is 14.8 Å². The van der Waals surface area contributed by atoms with Crippen molar-refractivity contribution < 1.29 is 23.8 Å². The molecular weight excluding hydrogens is 386 g/mol. The Hall–Kier alpha value is -2.32. The molecule has 1 aromatic rings. The summed E-state index contributed by atoms with van der Waals surface area (Å²) in [6.45, 7) is 8.37. The van der Waals surface area contributed by atoms with Gasteiger partial charge < -0.3 is 19.5 Å². The van der Waals surface area contributed by atoms with Gasteiger partial charge in [0.1, 0.15) is 6.04 Å². The van der Waals surface area contributed by atoms with Gasteiger partial charge in [-0.05, 0) is 23.6 Å². The van der Waals surface area contributed by atoms with E-state index in [2.05, 4.69) is 15.1 Å². The smallest absolute Gasteiger partial charge is 0.328 e. The van der Waals surface area contributed by atoms with Crippen molar-refractivity contribution in [3.63, 3.8) is 0 Å². The maximum atomic E-state index is 12.5. The molecule has 0 spiro atoms. The van der Waals surface area contributed by atoms with Crippen molar-refractivity contribution in [3.8, 4) is 11.5 Å². The molecule has 0 aromatic heterocycles. The van der Waals surface area contributed by atoms with Crippen molar-refractivity contribution in [3.05, 3.63) is 23.8 Å². The highest BCUT2D eigenvalue weighted by molar-refractivity contribution is 5.85. The molecule has 1 aliphatic rings. The van der Waals surface area contributed by atoms with E-state index in [-0.39, 0.29) is 18.4 Å². The number of benzene rings is 1.